The molecule has 0 saturated heterocycles. The maximum Gasteiger partial charge on any atom is -0.0205 e. The Morgan fingerprint density at radius 2 is 1.58 bits per heavy atom. The molecule has 0 aliphatic heterocycles. The van der Waals surface area contributed by atoms with Gasteiger partial charge in [-0.05, 0) is 43.9 Å². The van der Waals surface area contributed by atoms with Gasteiger partial charge in [-0.1, -0.05) is 31.4 Å². The van der Waals surface area contributed by atoms with Gasteiger partial charge in [0.05, 0.1) is 0 Å². The van der Waals surface area contributed by atoms with E-state index in [1.165, 1.54) is 51.4 Å². The first kappa shape index (κ1) is 8.34. The standard InChI is InChI=1S/C12H20/c1-2-4-8-12-10-6-5-9-11(12)7-3-1/h3,7,11-12H,1-2,4-6,8-10H2/b7-3+. The summed E-state index contributed by atoms with van der Waals surface area (Å²) in [6.07, 6.45) is 16.7. The van der Waals surface area contributed by atoms with Gasteiger partial charge in [0, 0.05) is 0 Å². The fraction of sp³-hybridized carbons (Fsp3) is 0.833. The van der Waals surface area contributed by atoms with E-state index in [0.717, 1.165) is 11.8 Å². The minimum atomic E-state index is 0.957. The zero-order valence-electron chi connectivity index (χ0n) is 7.97. The van der Waals surface area contributed by atoms with E-state index >= 15 is 0 Å². The largest absolute Gasteiger partial charge is 0.0882 e. The van der Waals surface area contributed by atoms with E-state index in [0.29, 0.717) is 0 Å². The molecule has 2 aliphatic rings. The molecule has 1 fully saturated rings. The van der Waals surface area contributed by atoms with Crippen molar-refractivity contribution in [2.24, 2.45) is 11.8 Å². The summed E-state index contributed by atoms with van der Waals surface area (Å²) in [6.45, 7) is 0. The van der Waals surface area contributed by atoms with Crippen molar-refractivity contribution in [1.82, 2.24) is 0 Å². The lowest BCUT2D eigenvalue weighted by molar-refractivity contribution is 0.258. The van der Waals surface area contributed by atoms with E-state index in [4.69, 9.17) is 0 Å². The lowest BCUT2D eigenvalue weighted by atomic mass is 9.75. The molecule has 0 N–H and O–H groups in total. The summed E-state index contributed by atoms with van der Waals surface area (Å²) in [7, 11) is 0. The lowest BCUT2D eigenvalue weighted by Gasteiger charge is -2.30. The van der Waals surface area contributed by atoms with Crippen LogP contribution in [0.15, 0.2) is 12.2 Å². The molecule has 1 saturated carbocycles. The van der Waals surface area contributed by atoms with Gasteiger partial charge in [0.1, 0.15) is 0 Å². The SMILES string of the molecule is C1=C/C2CCCCC2CCCC/1. The number of allylic oxidation sites excluding steroid dienone is 2. The van der Waals surface area contributed by atoms with Crippen LogP contribution in [-0.4, -0.2) is 0 Å². The quantitative estimate of drug-likeness (QED) is 0.476. The summed E-state index contributed by atoms with van der Waals surface area (Å²) in [6, 6.07) is 0. The van der Waals surface area contributed by atoms with Crippen LogP contribution in [0.1, 0.15) is 51.4 Å². The van der Waals surface area contributed by atoms with Crippen molar-refractivity contribution in [3.63, 3.8) is 0 Å². The van der Waals surface area contributed by atoms with Gasteiger partial charge in [-0.3, -0.25) is 0 Å². The van der Waals surface area contributed by atoms with Crippen LogP contribution in [0.4, 0.5) is 0 Å². The van der Waals surface area contributed by atoms with Gasteiger partial charge in [-0.15, -0.1) is 0 Å². The van der Waals surface area contributed by atoms with Crippen LogP contribution in [0.5, 0.6) is 0 Å². The second kappa shape index (κ2) is 4.11. The third-order valence-corrected chi connectivity index (χ3v) is 3.55. The van der Waals surface area contributed by atoms with Gasteiger partial charge >= 0.3 is 0 Å². The minimum Gasteiger partial charge on any atom is -0.0882 e. The van der Waals surface area contributed by atoms with Crippen molar-refractivity contribution in [3.8, 4) is 0 Å². The maximum absolute atomic E-state index is 2.52. The normalized spacial score (nSPS) is 39.3. The van der Waals surface area contributed by atoms with Crippen molar-refractivity contribution in [1.29, 1.82) is 0 Å². The van der Waals surface area contributed by atoms with Crippen LogP contribution < -0.4 is 0 Å². The average Bonchev–Trinajstić information content (AvgIpc) is 2.06. The highest BCUT2D eigenvalue weighted by Crippen LogP contribution is 2.35. The second-order valence-corrected chi connectivity index (χ2v) is 4.42. The van der Waals surface area contributed by atoms with Crippen LogP contribution >= 0.6 is 0 Å². The summed E-state index contributed by atoms with van der Waals surface area (Å²) < 4.78 is 0. The molecule has 0 amide bonds. The smallest absolute Gasteiger partial charge is 0.0205 e. The summed E-state index contributed by atoms with van der Waals surface area (Å²) in [5.41, 5.74) is 0. The van der Waals surface area contributed by atoms with Gasteiger partial charge < -0.3 is 0 Å². The highest BCUT2D eigenvalue weighted by Gasteiger charge is 2.22. The van der Waals surface area contributed by atoms with Gasteiger partial charge in [0.2, 0.25) is 0 Å². The molecule has 68 valence electrons. The Morgan fingerprint density at radius 1 is 0.833 bits per heavy atom. The molecule has 0 aromatic rings. The Labute approximate surface area is 76.1 Å². The van der Waals surface area contributed by atoms with Crippen molar-refractivity contribution in [2.75, 3.05) is 0 Å². The number of hydrogen-bond acceptors (Lipinski definition) is 0. The van der Waals surface area contributed by atoms with E-state index < -0.39 is 0 Å². The number of rotatable bonds is 0. The zero-order chi connectivity index (χ0) is 8.23. The van der Waals surface area contributed by atoms with Gasteiger partial charge in [0.25, 0.3) is 0 Å². The molecule has 0 radical (unpaired) electrons. The number of fused-ring (bicyclic) bond motifs is 1. The molecule has 0 aromatic carbocycles. The van der Waals surface area contributed by atoms with Crippen LogP contribution in [0.3, 0.4) is 0 Å². The number of hydrogen-bond donors (Lipinski definition) is 0. The molecule has 0 bridgehead atoms. The molecule has 2 rings (SSSR count). The van der Waals surface area contributed by atoms with Crippen molar-refractivity contribution in [3.05, 3.63) is 12.2 Å². The zero-order valence-corrected chi connectivity index (χ0v) is 7.97. The van der Waals surface area contributed by atoms with Crippen LogP contribution in [0.2, 0.25) is 0 Å². The Balaban J connectivity index is 1.99. The highest BCUT2D eigenvalue weighted by atomic mass is 14.3. The predicted molar refractivity (Wildman–Crippen MR) is 53.1 cm³/mol. The van der Waals surface area contributed by atoms with Crippen LogP contribution in [-0.2, 0) is 0 Å². The predicted octanol–water partition coefficient (Wildman–Crippen LogP) is 3.92. The molecule has 2 aliphatic carbocycles. The Morgan fingerprint density at radius 3 is 2.50 bits per heavy atom. The van der Waals surface area contributed by atoms with Crippen molar-refractivity contribution < 1.29 is 0 Å². The Kier molecular flexibility index (Phi) is 2.86. The monoisotopic (exact) mass is 164 g/mol. The third kappa shape index (κ3) is 1.91. The Bertz CT molecular complexity index is 157. The van der Waals surface area contributed by atoms with Gasteiger partial charge in [-0.25, -0.2) is 0 Å². The van der Waals surface area contributed by atoms with Crippen LogP contribution in [0, 0.1) is 11.8 Å². The summed E-state index contributed by atoms with van der Waals surface area (Å²) in [5, 5.41) is 0. The van der Waals surface area contributed by atoms with E-state index in [1.807, 2.05) is 0 Å². The van der Waals surface area contributed by atoms with Crippen LogP contribution in [0.25, 0.3) is 0 Å². The topological polar surface area (TPSA) is 0 Å². The molecule has 12 heavy (non-hydrogen) atoms. The van der Waals surface area contributed by atoms with Crippen molar-refractivity contribution >= 4 is 0 Å². The first-order valence-corrected chi connectivity index (χ1v) is 5.63. The summed E-state index contributed by atoms with van der Waals surface area (Å²) in [5.74, 6) is 2.01. The molecular formula is C12H20. The fourth-order valence-corrected chi connectivity index (χ4v) is 2.79. The lowest BCUT2D eigenvalue weighted by Crippen LogP contribution is -2.18. The maximum atomic E-state index is 2.52. The molecule has 2 atom stereocenters. The van der Waals surface area contributed by atoms with Crippen molar-refractivity contribution in [2.45, 2.75) is 51.4 Å². The van der Waals surface area contributed by atoms with E-state index in [1.54, 1.807) is 0 Å². The molecule has 0 spiro atoms. The third-order valence-electron chi connectivity index (χ3n) is 3.55. The molecule has 0 aromatic heterocycles. The first-order chi connectivity index (χ1) is 5.97. The van der Waals surface area contributed by atoms with Gasteiger partial charge in [-0.2, -0.15) is 0 Å². The van der Waals surface area contributed by atoms with E-state index in [2.05, 4.69) is 12.2 Å². The fourth-order valence-electron chi connectivity index (χ4n) is 2.79. The van der Waals surface area contributed by atoms with Gasteiger partial charge in [0.15, 0.2) is 0 Å². The molecule has 0 nitrogen and oxygen atoms in total. The molecule has 0 heterocycles. The minimum absolute atomic E-state index is 0.957. The van der Waals surface area contributed by atoms with E-state index in [9.17, 15) is 0 Å². The second-order valence-electron chi connectivity index (χ2n) is 4.42. The molecule has 2 unspecified atom stereocenters. The Hall–Kier alpha value is -0.260. The van der Waals surface area contributed by atoms with E-state index in [-0.39, 0.29) is 0 Å². The highest BCUT2D eigenvalue weighted by molar-refractivity contribution is 4.94. The summed E-state index contributed by atoms with van der Waals surface area (Å²) >= 11 is 0. The molecule has 0 heteroatoms. The summed E-state index contributed by atoms with van der Waals surface area (Å²) in [4.78, 5) is 0. The molecular weight excluding hydrogens is 144 g/mol. The first-order valence-electron chi connectivity index (χ1n) is 5.63. The average molecular weight is 164 g/mol.